The minimum atomic E-state index is -0.278. The molecule has 0 atom stereocenters. The molecule has 0 aliphatic rings. The number of carbonyl (C=O) groups is 2. The standard InChI is InChI=1S/C26H40O3/c1-2-3-4-5-6-7-8-9-10-11-12-13-14-15-19-22-26(28)29-23-25(27)24-20-17-16-18-21-24/h11-12,16-18,20-21H,2-10,13-15,19,22-23H2,1H3. The van der Waals surface area contributed by atoms with E-state index in [4.69, 9.17) is 4.74 Å². The second-order valence-corrected chi connectivity index (χ2v) is 7.78. The highest BCUT2D eigenvalue weighted by Crippen LogP contribution is 2.10. The fourth-order valence-corrected chi connectivity index (χ4v) is 3.27. The van der Waals surface area contributed by atoms with E-state index in [9.17, 15) is 9.59 Å². The monoisotopic (exact) mass is 400 g/mol. The number of carbonyl (C=O) groups excluding carboxylic acids is 2. The van der Waals surface area contributed by atoms with Crippen LogP contribution in [0.5, 0.6) is 0 Å². The Bertz CT molecular complexity index is 563. The third-order valence-electron chi connectivity index (χ3n) is 5.10. The fraction of sp³-hybridized carbons (Fsp3) is 0.615. The Labute approximate surface area is 177 Å². The van der Waals surface area contributed by atoms with Crippen LogP contribution in [0, 0.1) is 0 Å². The third-order valence-corrected chi connectivity index (χ3v) is 5.10. The van der Waals surface area contributed by atoms with E-state index in [0.717, 1.165) is 25.7 Å². The molecule has 3 heteroatoms. The second kappa shape index (κ2) is 18.1. The predicted molar refractivity (Wildman–Crippen MR) is 121 cm³/mol. The van der Waals surface area contributed by atoms with Crippen molar-refractivity contribution in [3.8, 4) is 0 Å². The van der Waals surface area contributed by atoms with E-state index >= 15 is 0 Å². The molecule has 0 N–H and O–H groups in total. The van der Waals surface area contributed by atoms with Crippen LogP contribution in [0.2, 0.25) is 0 Å². The summed E-state index contributed by atoms with van der Waals surface area (Å²) in [6.45, 7) is 2.10. The quantitative estimate of drug-likeness (QED) is 0.111. The highest BCUT2D eigenvalue weighted by atomic mass is 16.5. The van der Waals surface area contributed by atoms with Crippen molar-refractivity contribution in [3.05, 3.63) is 48.0 Å². The number of ketones is 1. The Morgan fingerprint density at radius 2 is 1.31 bits per heavy atom. The summed E-state index contributed by atoms with van der Waals surface area (Å²) >= 11 is 0. The lowest BCUT2D eigenvalue weighted by atomic mass is 10.1. The number of allylic oxidation sites excluding steroid dienone is 2. The van der Waals surface area contributed by atoms with Gasteiger partial charge in [0.1, 0.15) is 0 Å². The first-order valence-electron chi connectivity index (χ1n) is 11.6. The summed E-state index contributed by atoms with van der Waals surface area (Å²) in [4.78, 5) is 23.6. The molecule has 0 spiro atoms. The number of hydrogen-bond donors (Lipinski definition) is 0. The molecule has 0 heterocycles. The van der Waals surface area contributed by atoms with Crippen LogP contribution in [0.15, 0.2) is 42.5 Å². The zero-order valence-corrected chi connectivity index (χ0v) is 18.4. The topological polar surface area (TPSA) is 43.4 Å². The number of unbranched alkanes of at least 4 members (excludes halogenated alkanes) is 11. The van der Waals surface area contributed by atoms with E-state index < -0.39 is 0 Å². The number of Topliss-reactive ketones (excluding diaryl/α,β-unsaturated/α-hetero) is 1. The van der Waals surface area contributed by atoms with Gasteiger partial charge in [0.15, 0.2) is 12.4 Å². The Morgan fingerprint density at radius 3 is 1.93 bits per heavy atom. The van der Waals surface area contributed by atoms with Gasteiger partial charge in [0.05, 0.1) is 0 Å². The maximum absolute atomic E-state index is 11.9. The van der Waals surface area contributed by atoms with Gasteiger partial charge in [-0.3, -0.25) is 9.59 Å². The van der Waals surface area contributed by atoms with E-state index in [1.54, 1.807) is 24.3 Å². The van der Waals surface area contributed by atoms with Crippen LogP contribution >= 0.6 is 0 Å². The van der Waals surface area contributed by atoms with Gasteiger partial charge >= 0.3 is 5.97 Å². The largest absolute Gasteiger partial charge is 0.457 e. The van der Waals surface area contributed by atoms with Crippen molar-refractivity contribution in [1.82, 2.24) is 0 Å². The van der Waals surface area contributed by atoms with Crippen LogP contribution in [0.3, 0.4) is 0 Å². The molecule has 0 aliphatic carbocycles. The molecule has 29 heavy (non-hydrogen) atoms. The van der Waals surface area contributed by atoms with E-state index in [-0.39, 0.29) is 18.4 Å². The van der Waals surface area contributed by atoms with Crippen LogP contribution in [-0.4, -0.2) is 18.4 Å². The zero-order valence-electron chi connectivity index (χ0n) is 18.4. The van der Waals surface area contributed by atoms with Gasteiger partial charge in [-0.15, -0.1) is 0 Å². The molecule has 162 valence electrons. The number of rotatable bonds is 18. The summed E-state index contributed by atoms with van der Waals surface area (Å²) in [5, 5.41) is 0. The number of ether oxygens (including phenoxy) is 1. The molecule has 0 saturated heterocycles. The lowest BCUT2D eigenvalue weighted by molar-refractivity contribution is -0.142. The van der Waals surface area contributed by atoms with Gasteiger partial charge in [0.2, 0.25) is 0 Å². The van der Waals surface area contributed by atoms with Gasteiger partial charge in [-0.1, -0.05) is 101 Å². The SMILES string of the molecule is CCCCCCCCCCC=CCCCCCC(=O)OCC(=O)c1ccccc1. The Kier molecular flexibility index (Phi) is 15.7. The summed E-state index contributed by atoms with van der Waals surface area (Å²) in [6, 6.07) is 8.93. The van der Waals surface area contributed by atoms with Gasteiger partial charge in [-0.2, -0.15) is 0 Å². The van der Waals surface area contributed by atoms with Crippen molar-refractivity contribution >= 4 is 11.8 Å². The summed E-state index contributed by atoms with van der Waals surface area (Å²) in [5.74, 6) is -0.430. The summed E-state index contributed by atoms with van der Waals surface area (Å²) in [6.07, 6.45) is 21.1. The number of benzene rings is 1. The molecular formula is C26H40O3. The maximum atomic E-state index is 11.9. The van der Waals surface area contributed by atoms with Gasteiger partial charge in [0.25, 0.3) is 0 Å². The fourth-order valence-electron chi connectivity index (χ4n) is 3.27. The number of hydrogen-bond acceptors (Lipinski definition) is 3. The lowest BCUT2D eigenvalue weighted by Crippen LogP contribution is -2.13. The Hall–Kier alpha value is -1.90. The Balaban J connectivity index is 1.88. The molecule has 3 nitrogen and oxygen atoms in total. The molecule has 1 rings (SSSR count). The van der Waals surface area contributed by atoms with Gasteiger partial charge < -0.3 is 4.74 Å². The van der Waals surface area contributed by atoms with E-state index in [2.05, 4.69) is 19.1 Å². The van der Waals surface area contributed by atoms with E-state index in [0.29, 0.717) is 12.0 Å². The van der Waals surface area contributed by atoms with Crippen molar-refractivity contribution in [1.29, 1.82) is 0 Å². The normalized spacial score (nSPS) is 11.1. The highest BCUT2D eigenvalue weighted by molar-refractivity contribution is 5.97. The van der Waals surface area contributed by atoms with Crippen molar-refractivity contribution < 1.29 is 14.3 Å². The molecule has 0 radical (unpaired) electrons. The zero-order chi connectivity index (χ0) is 21.0. The molecule has 0 aliphatic heterocycles. The lowest BCUT2D eigenvalue weighted by Gasteiger charge is -2.04. The molecule has 0 aromatic heterocycles. The molecule has 0 saturated carbocycles. The Morgan fingerprint density at radius 1 is 0.759 bits per heavy atom. The second-order valence-electron chi connectivity index (χ2n) is 7.78. The molecule has 0 bridgehead atoms. The average molecular weight is 401 g/mol. The minimum absolute atomic E-state index is 0.152. The summed E-state index contributed by atoms with van der Waals surface area (Å²) in [7, 11) is 0. The van der Waals surface area contributed by atoms with Gasteiger partial charge in [0, 0.05) is 12.0 Å². The van der Waals surface area contributed by atoms with Crippen molar-refractivity contribution in [2.45, 2.75) is 96.8 Å². The molecule has 1 aromatic rings. The smallest absolute Gasteiger partial charge is 0.306 e. The minimum Gasteiger partial charge on any atom is -0.457 e. The van der Waals surface area contributed by atoms with Crippen LogP contribution in [0.4, 0.5) is 0 Å². The van der Waals surface area contributed by atoms with Crippen LogP contribution in [0.1, 0.15) is 107 Å². The molecule has 0 unspecified atom stereocenters. The molecule has 1 aromatic carbocycles. The van der Waals surface area contributed by atoms with Crippen LogP contribution < -0.4 is 0 Å². The van der Waals surface area contributed by atoms with Crippen molar-refractivity contribution in [2.24, 2.45) is 0 Å². The number of esters is 1. The molecular weight excluding hydrogens is 360 g/mol. The first-order chi connectivity index (χ1) is 14.2. The van der Waals surface area contributed by atoms with E-state index in [1.165, 1.54) is 57.8 Å². The van der Waals surface area contributed by atoms with Gasteiger partial charge in [-0.05, 0) is 32.1 Å². The first kappa shape index (κ1) is 25.1. The van der Waals surface area contributed by atoms with Crippen LogP contribution in [0.25, 0.3) is 0 Å². The van der Waals surface area contributed by atoms with Crippen LogP contribution in [-0.2, 0) is 9.53 Å². The maximum Gasteiger partial charge on any atom is 0.306 e. The third kappa shape index (κ3) is 14.7. The summed E-state index contributed by atoms with van der Waals surface area (Å²) in [5.41, 5.74) is 0.582. The summed E-state index contributed by atoms with van der Waals surface area (Å²) < 4.78 is 5.07. The average Bonchev–Trinajstić information content (AvgIpc) is 2.75. The highest BCUT2D eigenvalue weighted by Gasteiger charge is 2.09. The molecule has 0 amide bonds. The van der Waals surface area contributed by atoms with Crippen molar-refractivity contribution in [2.75, 3.05) is 6.61 Å². The van der Waals surface area contributed by atoms with E-state index in [1.807, 2.05) is 6.07 Å². The van der Waals surface area contributed by atoms with Gasteiger partial charge in [-0.25, -0.2) is 0 Å². The molecule has 0 fully saturated rings. The van der Waals surface area contributed by atoms with Crippen molar-refractivity contribution in [3.63, 3.8) is 0 Å². The first-order valence-corrected chi connectivity index (χ1v) is 11.6. The predicted octanol–water partition coefficient (Wildman–Crippen LogP) is 7.45.